The van der Waals surface area contributed by atoms with Crippen LogP contribution in [-0.4, -0.2) is 22.4 Å². The van der Waals surface area contributed by atoms with E-state index in [1.165, 1.54) is 0 Å². The Morgan fingerprint density at radius 2 is 2.21 bits per heavy atom. The molecule has 0 aliphatic rings. The van der Waals surface area contributed by atoms with Crippen LogP contribution in [0.5, 0.6) is 0 Å². The second-order valence-corrected chi connectivity index (χ2v) is 4.82. The minimum absolute atomic E-state index is 0.230. The Morgan fingerprint density at radius 3 is 2.68 bits per heavy atom. The summed E-state index contributed by atoms with van der Waals surface area (Å²) in [6, 6.07) is 2.06. The van der Waals surface area contributed by atoms with Gasteiger partial charge >= 0.3 is 5.97 Å². The van der Waals surface area contributed by atoms with E-state index < -0.39 is 5.41 Å². The highest BCUT2D eigenvalue weighted by molar-refractivity contribution is 5.78. The van der Waals surface area contributed by atoms with Crippen LogP contribution >= 0.6 is 0 Å². The van der Waals surface area contributed by atoms with Crippen molar-refractivity contribution in [2.24, 2.45) is 5.41 Å². The first-order valence-corrected chi connectivity index (χ1v) is 6.87. The van der Waals surface area contributed by atoms with Crippen molar-refractivity contribution in [1.29, 1.82) is 0 Å². The van der Waals surface area contributed by atoms with Crippen molar-refractivity contribution in [3.05, 3.63) is 30.1 Å². The maximum absolute atomic E-state index is 12.1. The van der Waals surface area contributed by atoms with Crippen LogP contribution in [0.3, 0.4) is 0 Å². The molecule has 1 aromatic heterocycles. The van der Waals surface area contributed by atoms with Crippen molar-refractivity contribution in [2.75, 3.05) is 6.61 Å². The predicted octanol–water partition coefficient (Wildman–Crippen LogP) is 2.76. The van der Waals surface area contributed by atoms with Crippen LogP contribution in [0.15, 0.2) is 18.7 Å². The molecule has 1 heterocycles. The normalized spacial score (nSPS) is 13.9. The third-order valence-corrected chi connectivity index (χ3v) is 3.32. The standard InChI is InChI=1S/C15H24N2O2/c1-6-12-10-13(17(8-3)16-12)11-15(5,7-2)14(18)19-9-4/h7,10H,2,6,8-9,11H2,1,3-5H3. The Kier molecular flexibility index (Phi) is 5.33. The first kappa shape index (κ1) is 15.5. The van der Waals surface area contributed by atoms with Gasteiger partial charge in [-0.25, -0.2) is 0 Å². The zero-order chi connectivity index (χ0) is 14.5. The van der Waals surface area contributed by atoms with Gasteiger partial charge in [-0.15, -0.1) is 6.58 Å². The summed E-state index contributed by atoms with van der Waals surface area (Å²) in [6.45, 7) is 12.8. The summed E-state index contributed by atoms with van der Waals surface area (Å²) in [5.41, 5.74) is 1.40. The van der Waals surface area contributed by atoms with Gasteiger partial charge in [-0.1, -0.05) is 13.0 Å². The van der Waals surface area contributed by atoms with E-state index >= 15 is 0 Å². The smallest absolute Gasteiger partial charge is 0.316 e. The minimum Gasteiger partial charge on any atom is -0.465 e. The Morgan fingerprint density at radius 1 is 1.53 bits per heavy atom. The number of carbonyl (C=O) groups is 1. The number of hydrogen-bond donors (Lipinski definition) is 0. The van der Waals surface area contributed by atoms with Crippen LogP contribution in [-0.2, 0) is 28.9 Å². The summed E-state index contributed by atoms with van der Waals surface area (Å²) < 4.78 is 7.08. The molecule has 0 N–H and O–H groups in total. The molecule has 106 valence electrons. The van der Waals surface area contributed by atoms with Gasteiger partial charge in [0.25, 0.3) is 0 Å². The van der Waals surface area contributed by atoms with Crippen molar-refractivity contribution >= 4 is 5.97 Å². The van der Waals surface area contributed by atoms with Gasteiger partial charge in [0.2, 0.25) is 0 Å². The van der Waals surface area contributed by atoms with Crippen molar-refractivity contribution in [1.82, 2.24) is 9.78 Å². The van der Waals surface area contributed by atoms with E-state index in [2.05, 4.69) is 24.7 Å². The lowest BCUT2D eigenvalue weighted by molar-refractivity contribution is -0.151. The molecule has 0 saturated heterocycles. The largest absolute Gasteiger partial charge is 0.465 e. The lowest BCUT2D eigenvalue weighted by Crippen LogP contribution is -2.31. The molecule has 0 bridgehead atoms. The van der Waals surface area contributed by atoms with E-state index in [1.807, 2.05) is 25.5 Å². The van der Waals surface area contributed by atoms with Crippen molar-refractivity contribution in [3.63, 3.8) is 0 Å². The molecule has 0 spiro atoms. The maximum atomic E-state index is 12.1. The van der Waals surface area contributed by atoms with Crippen LogP contribution in [0, 0.1) is 5.41 Å². The second kappa shape index (κ2) is 6.55. The Bertz CT molecular complexity index is 451. The molecular weight excluding hydrogens is 240 g/mol. The molecule has 0 radical (unpaired) electrons. The molecule has 0 aliphatic carbocycles. The molecule has 4 nitrogen and oxygen atoms in total. The lowest BCUT2D eigenvalue weighted by Gasteiger charge is -2.23. The number of nitrogens with zero attached hydrogens (tertiary/aromatic N) is 2. The molecule has 1 unspecified atom stereocenters. The summed E-state index contributed by atoms with van der Waals surface area (Å²) in [4.78, 5) is 12.1. The highest BCUT2D eigenvalue weighted by atomic mass is 16.5. The first-order valence-electron chi connectivity index (χ1n) is 6.87. The van der Waals surface area contributed by atoms with Crippen molar-refractivity contribution < 1.29 is 9.53 Å². The van der Waals surface area contributed by atoms with E-state index in [9.17, 15) is 4.79 Å². The molecule has 0 aromatic carbocycles. The average molecular weight is 264 g/mol. The molecule has 0 fully saturated rings. The molecule has 0 aliphatic heterocycles. The van der Waals surface area contributed by atoms with E-state index in [-0.39, 0.29) is 5.97 Å². The molecule has 0 saturated carbocycles. The summed E-state index contributed by atoms with van der Waals surface area (Å²) in [7, 11) is 0. The fourth-order valence-electron chi connectivity index (χ4n) is 2.00. The van der Waals surface area contributed by atoms with E-state index in [0.29, 0.717) is 13.0 Å². The highest BCUT2D eigenvalue weighted by Gasteiger charge is 2.33. The Balaban J connectivity index is 3.00. The number of esters is 1. The lowest BCUT2D eigenvalue weighted by atomic mass is 9.85. The maximum Gasteiger partial charge on any atom is 0.316 e. The summed E-state index contributed by atoms with van der Waals surface area (Å²) in [5.74, 6) is -0.230. The van der Waals surface area contributed by atoms with Gasteiger partial charge in [-0.3, -0.25) is 9.48 Å². The molecule has 1 atom stereocenters. The molecule has 0 amide bonds. The Hall–Kier alpha value is -1.58. The third kappa shape index (κ3) is 3.46. The predicted molar refractivity (Wildman–Crippen MR) is 75.9 cm³/mol. The first-order chi connectivity index (χ1) is 9.00. The monoisotopic (exact) mass is 264 g/mol. The number of aromatic nitrogens is 2. The highest BCUT2D eigenvalue weighted by Crippen LogP contribution is 2.26. The topological polar surface area (TPSA) is 44.1 Å². The van der Waals surface area contributed by atoms with Crippen LogP contribution in [0.2, 0.25) is 0 Å². The van der Waals surface area contributed by atoms with Gasteiger partial charge in [-0.2, -0.15) is 5.10 Å². The molecule has 1 aromatic rings. The van der Waals surface area contributed by atoms with Crippen molar-refractivity contribution in [3.8, 4) is 0 Å². The number of rotatable bonds is 7. The summed E-state index contributed by atoms with van der Waals surface area (Å²) in [6.07, 6.45) is 3.13. The number of aryl methyl sites for hydroxylation is 2. The average Bonchev–Trinajstić information content (AvgIpc) is 2.80. The van der Waals surface area contributed by atoms with E-state index in [4.69, 9.17) is 4.74 Å². The Labute approximate surface area is 115 Å². The van der Waals surface area contributed by atoms with Gasteiger partial charge in [0, 0.05) is 18.7 Å². The van der Waals surface area contributed by atoms with Crippen molar-refractivity contribution in [2.45, 2.75) is 47.1 Å². The number of carbonyl (C=O) groups excluding carboxylic acids is 1. The van der Waals surface area contributed by atoms with Gasteiger partial charge < -0.3 is 4.74 Å². The number of ether oxygens (including phenoxy) is 1. The fraction of sp³-hybridized carbons (Fsp3) is 0.600. The van der Waals surface area contributed by atoms with Gasteiger partial charge in [0.1, 0.15) is 0 Å². The van der Waals surface area contributed by atoms with Crippen LogP contribution in [0.25, 0.3) is 0 Å². The minimum atomic E-state index is -0.700. The van der Waals surface area contributed by atoms with Gasteiger partial charge in [0.05, 0.1) is 17.7 Å². The van der Waals surface area contributed by atoms with Gasteiger partial charge in [0.15, 0.2) is 0 Å². The van der Waals surface area contributed by atoms with Crippen LogP contribution < -0.4 is 0 Å². The zero-order valence-electron chi connectivity index (χ0n) is 12.4. The molecular formula is C15H24N2O2. The quantitative estimate of drug-likeness (QED) is 0.562. The molecule has 19 heavy (non-hydrogen) atoms. The van der Waals surface area contributed by atoms with E-state index in [1.54, 1.807) is 6.08 Å². The van der Waals surface area contributed by atoms with E-state index in [0.717, 1.165) is 24.4 Å². The van der Waals surface area contributed by atoms with Crippen LogP contribution in [0.1, 0.15) is 39.1 Å². The zero-order valence-corrected chi connectivity index (χ0v) is 12.4. The van der Waals surface area contributed by atoms with Crippen LogP contribution in [0.4, 0.5) is 0 Å². The summed E-state index contributed by atoms with van der Waals surface area (Å²) >= 11 is 0. The summed E-state index contributed by atoms with van der Waals surface area (Å²) in [5, 5.41) is 4.50. The SMILES string of the molecule is C=CC(C)(Cc1cc(CC)nn1CC)C(=O)OCC. The molecule has 4 heteroatoms. The second-order valence-electron chi connectivity index (χ2n) is 4.82. The van der Waals surface area contributed by atoms with Gasteiger partial charge in [-0.05, 0) is 33.3 Å². The third-order valence-electron chi connectivity index (χ3n) is 3.32. The molecule has 1 rings (SSSR count). The fourth-order valence-corrected chi connectivity index (χ4v) is 2.00. The number of hydrogen-bond acceptors (Lipinski definition) is 3.